The summed E-state index contributed by atoms with van der Waals surface area (Å²) in [5.74, 6) is 0.0977. The second-order valence-electron chi connectivity index (χ2n) is 11.5. The van der Waals surface area contributed by atoms with Crippen molar-refractivity contribution in [1.29, 1.82) is 0 Å². The van der Waals surface area contributed by atoms with Gasteiger partial charge in [-0.3, -0.25) is 14.6 Å². The van der Waals surface area contributed by atoms with E-state index >= 15 is 0 Å². The predicted molar refractivity (Wildman–Crippen MR) is 186 cm³/mol. The molecule has 1 aliphatic rings. The van der Waals surface area contributed by atoms with Crippen molar-refractivity contribution < 1.29 is 19.1 Å². The van der Waals surface area contributed by atoms with E-state index in [9.17, 15) is 9.59 Å². The van der Waals surface area contributed by atoms with E-state index in [1.165, 1.54) is 0 Å². The van der Waals surface area contributed by atoms with Gasteiger partial charge in [0.25, 0.3) is 11.8 Å². The summed E-state index contributed by atoms with van der Waals surface area (Å²) in [5.41, 5.74) is 6.56. The largest absolute Gasteiger partial charge is 0.486 e. The number of nitrogens with one attached hydrogen (secondary N) is 2. The van der Waals surface area contributed by atoms with Crippen LogP contribution in [0.2, 0.25) is 0 Å². The number of hydrogen-bond acceptors (Lipinski definition) is 9. The number of benzene rings is 4. The van der Waals surface area contributed by atoms with Crippen molar-refractivity contribution >= 4 is 34.6 Å². The molecule has 6 rings (SSSR count). The Bertz CT molecular complexity index is 1870. The summed E-state index contributed by atoms with van der Waals surface area (Å²) < 4.78 is 12.2. The molecule has 49 heavy (non-hydrogen) atoms. The highest BCUT2D eigenvalue weighted by molar-refractivity contribution is 5.98. The van der Waals surface area contributed by atoms with Crippen molar-refractivity contribution in [1.82, 2.24) is 15.6 Å². The number of fused-ring (bicyclic) bond motifs is 4. The lowest BCUT2D eigenvalue weighted by Gasteiger charge is -2.15. The molecule has 0 spiro atoms. The maximum Gasteiger partial charge on any atom is 0.255 e. The SMILES string of the molecule is Cc1ccc(N=Nc2ccc3c(c2)C(=O)NCCCNC(=O)c2cc(N=Nc4ccc(C)cc4)ccc2OCc2cccc(n2)CO3)cc1. The van der Waals surface area contributed by atoms with Gasteiger partial charge in [-0.05, 0) is 93.1 Å². The van der Waals surface area contributed by atoms with Gasteiger partial charge < -0.3 is 20.1 Å². The Hall–Kier alpha value is -6.23. The molecule has 5 aromatic rings. The fourth-order valence-corrected chi connectivity index (χ4v) is 4.90. The normalized spacial score (nSPS) is 14.1. The zero-order chi connectivity index (χ0) is 34.0. The Morgan fingerprint density at radius 3 is 1.41 bits per heavy atom. The van der Waals surface area contributed by atoms with Crippen LogP contribution in [0, 0.1) is 13.8 Å². The lowest BCUT2D eigenvalue weighted by atomic mass is 10.1. The topological polar surface area (TPSA) is 139 Å². The molecule has 0 fully saturated rings. The minimum atomic E-state index is -0.334. The van der Waals surface area contributed by atoms with Crippen molar-refractivity contribution in [3.05, 3.63) is 137 Å². The number of pyridine rings is 1. The van der Waals surface area contributed by atoms with Crippen LogP contribution >= 0.6 is 0 Å². The van der Waals surface area contributed by atoms with Crippen LogP contribution in [-0.2, 0) is 13.2 Å². The van der Waals surface area contributed by atoms with Crippen LogP contribution in [0.5, 0.6) is 11.5 Å². The molecule has 1 aromatic heterocycles. The van der Waals surface area contributed by atoms with Gasteiger partial charge in [0.1, 0.15) is 24.7 Å². The number of azo groups is 2. The van der Waals surface area contributed by atoms with Gasteiger partial charge in [0.2, 0.25) is 0 Å². The van der Waals surface area contributed by atoms with Crippen LogP contribution in [0.25, 0.3) is 0 Å². The molecule has 246 valence electrons. The molecule has 0 saturated carbocycles. The van der Waals surface area contributed by atoms with E-state index in [1.54, 1.807) is 36.4 Å². The van der Waals surface area contributed by atoms with Gasteiger partial charge in [0.05, 0.1) is 45.3 Å². The number of amides is 2. The third-order valence-corrected chi connectivity index (χ3v) is 7.59. The lowest BCUT2D eigenvalue weighted by Crippen LogP contribution is -2.30. The van der Waals surface area contributed by atoms with Gasteiger partial charge in [-0.2, -0.15) is 20.5 Å². The van der Waals surface area contributed by atoms with Crippen LogP contribution < -0.4 is 20.1 Å². The molecular formula is C38H35N7O4. The first-order valence-corrected chi connectivity index (χ1v) is 15.9. The molecule has 0 unspecified atom stereocenters. The minimum absolute atomic E-state index is 0.118. The molecule has 4 aromatic carbocycles. The number of aromatic nitrogens is 1. The Morgan fingerprint density at radius 2 is 0.959 bits per heavy atom. The van der Waals surface area contributed by atoms with E-state index in [4.69, 9.17) is 9.47 Å². The number of nitrogens with zero attached hydrogens (tertiary/aromatic N) is 5. The molecule has 0 atom stereocenters. The molecule has 2 N–H and O–H groups in total. The smallest absolute Gasteiger partial charge is 0.255 e. The second kappa shape index (κ2) is 15.6. The van der Waals surface area contributed by atoms with Gasteiger partial charge in [0.15, 0.2) is 0 Å². The minimum Gasteiger partial charge on any atom is -0.486 e. The summed E-state index contributed by atoms with van der Waals surface area (Å²) in [4.78, 5) is 31.4. The van der Waals surface area contributed by atoms with Crippen LogP contribution in [0.3, 0.4) is 0 Å². The summed E-state index contributed by atoms with van der Waals surface area (Å²) in [6.45, 7) is 4.86. The summed E-state index contributed by atoms with van der Waals surface area (Å²) in [5, 5.41) is 23.1. The Kier molecular flexibility index (Phi) is 10.4. The summed E-state index contributed by atoms with van der Waals surface area (Å²) >= 11 is 0. The van der Waals surface area contributed by atoms with Crippen LogP contribution in [0.1, 0.15) is 49.7 Å². The number of carbonyl (C=O) groups is 2. The average Bonchev–Trinajstić information content (AvgIpc) is 3.12. The van der Waals surface area contributed by atoms with Crippen molar-refractivity contribution in [3.63, 3.8) is 0 Å². The summed E-state index contributed by atoms with van der Waals surface area (Å²) in [7, 11) is 0. The fraction of sp³-hybridized carbons (Fsp3) is 0.184. The third-order valence-electron chi connectivity index (χ3n) is 7.59. The molecule has 0 radical (unpaired) electrons. The maximum absolute atomic E-state index is 13.4. The van der Waals surface area contributed by atoms with Crippen LogP contribution in [-0.4, -0.2) is 29.9 Å². The number of ether oxygens (including phenoxy) is 2. The highest BCUT2D eigenvalue weighted by atomic mass is 16.5. The fourth-order valence-electron chi connectivity index (χ4n) is 4.90. The van der Waals surface area contributed by atoms with Gasteiger partial charge in [-0.25, -0.2) is 0 Å². The molecule has 0 saturated heterocycles. The molecule has 2 amide bonds. The molecular weight excluding hydrogens is 618 g/mol. The predicted octanol–water partition coefficient (Wildman–Crippen LogP) is 8.55. The Morgan fingerprint density at radius 1 is 0.551 bits per heavy atom. The van der Waals surface area contributed by atoms with E-state index < -0.39 is 0 Å². The van der Waals surface area contributed by atoms with Gasteiger partial charge in [0, 0.05) is 13.1 Å². The highest BCUT2D eigenvalue weighted by Crippen LogP contribution is 2.29. The summed E-state index contributed by atoms with van der Waals surface area (Å²) in [6.07, 6.45) is 0.484. The van der Waals surface area contributed by atoms with Crippen LogP contribution in [0.4, 0.5) is 22.7 Å². The highest BCUT2D eigenvalue weighted by Gasteiger charge is 2.17. The number of rotatable bonds is 4. The van der Waals surface area contributed by atoms with Gasteiger partial charge in [-0.15, -0.1) is 0 Å². The van der Waals surface area contributed by atoms with E-state index in [2.05, 4.69) is 36.1 Å². The molecule has 2 heterocycles. The zero-order valence-corrected chi connectivity index (χ0v) is 27.2. The first kappa shape index (κ1) is 32.7. The first-order chi connectivity index (χ1) is 23.9. The number of carbonyl (C=O) groups excluding carboxylic acids is 2. The molecule has 11 nitrogen and oxygen atoms in total. The quantitative estimate of drug-likeness (QED) is 0.187. The Labute approximate surface area is 284 Å². The second-order valence-corrected chi connectivity index (χ2v) is 11.5. The molecule has 11 heteroatoms. The Balaban J connectivity index is 1.22. The van der Waals surface area contributed by atoms with E-state index in [0.29, 0.717) is 76.3 Å². The molecule has 1 aliphatic heterocycles. The third kappa shape index (κ3) is 8.98. The lowest BCUT2D eigenvalue weighted by molar-refractivity contribution is 0.0947. The van der Waals surface area contributed by atoms with Gasteiger partial charge >= 0.3 is 0 Å². The average molecular weight is 654 g/mol. The van der Waals surface area contributed by atoms with Crippen molar-refractivity contribution in [2.75, 3.05) is 13.1 Å². The van der Waals surface area contributed by atoms with E-state index in [-0.39, 0.29) is 25.0 Å². The van der Waals surface area contributed by atoms with Crippen LogP contribution in [0.15, 0.2) is 124 Å². The maximum atomic E-state index is 13.4. The first-order valence-electron chi connectivity index (χ1n) is 15.9. The van der Waals surface area contributed by atoms with E-state index in [1.807, 2.05) is 80.6 Å². The monoisotopic (exact) mass is 653 g/mol. The summed E-state index contributed by atoms with van der Waals surface area (Å²) in [6, 6.07) is 31.1. The zero-order valence-electron chi connectivity index (χ0n) is 27.2. The van der Waals surface area contributed by atoms with Crippen molar-refractivity contribution in [2.24, 2.45) is 20.5 Å². The van der Waals surface area contributed by atoms with Crippen molar-refractivity contribution in [3.8, 4) is 11.5 Å². The standard InChI is InChI=1S/C38H35N7O4/c1-25-7-11-27(12-8-25)42-44-29-15-17-35-33(21-29)37(46)39-19-4-20-40-38(47)34-22-30(45-43-28-13-9-26(2)10-14-28)16-18-36(34)49-24-32-6-3-5-31(41-32)23-48-35/h3,5-18,21-22H,4,19-20,23-24H2,1-2H3,(H,39,46)(H,40,47). The van der Waals surface area contributed by atoms with Crippen molar-refractivity contribution in [2.45, 2.75) is 33.5 Å². The van der Waals surface area contributed by atoms with E-state index in [0.717, 1.165) is 11.1 Å². The van der Waals surface area contributed by atoms with Gasteiger partial charge in [-0.1, -0.05) is 41.5 Å². The number of hydrogen-bond donors (Lipinski definition) is 2. The number of aryl methyl sites for hydroxylation is 2. The molecule has 0 aliphatic carbocycles. The molecule has 2 bridgehead atoms.